The number of anilines is 1. The number of benzene rings is 1. The molecule has 0 radical (unpaired) electrons. The minimum Gasteiger partial charge on any atom is -0.388 e. The molecule has 0 heterocycles. The first-order valence-corrected chi connectivity index (χ1v) is 7.37. The molecule has 0 saturated carbocycles. The number of para-hydroxylation sites is 1. The van der Waals surface area contributed by atoms with Crippen LogP contribution in [0.4, 0.5) is 5.69 Å². The van der Waals surface area contributed by atoms with Gasteiger partial charge in [-0.05, 0) is 24.5 Å². The summed E-state index contributed by atoms with van der Waals surface area (Å²) in [5.41, 5.74) is 2.07. The van der Waals surface area contributed by atoms with Gasteiger partial charge >= 0.3 is 0 Å². The molecule has 0 spiro atoms. The molecular formula is C12H19NO2S. The van der Waals surface area contributed by atoms with E-state index in [1.54, 1.807) is 0 Å². The summed E-state index contributed by atoms with van der Waals surface area (Å²) in [6, 6.07) is 7.80. The van der Waals surface area contributed by atoms with Gasteiger partial charge in [-0.1, -0.05) is 25.1 Å². The maximum atomic E-state index is 11.6. The van der Waals surface area contributed by atoms with Crippen LogP contribution in [0.15, 0.2) is 24.3 Å². The van der Waals surface area contributed by atoms with E-state index >= 15 is 0 Å². The van der Waals surface area contributed by atoms with Crippen LogP contribution in [0.3, 0.4) is 0 Å². The van der Waals surface area contributed by atoms with Crippen molar-refractivity contribution < 1.29 is 8.42 Å². The predicted octanol–water partition coefficient (Wildman–Crippen LogP) is 2.10. The molecule has 0 atom stereocenters. The van der Waals surface area contributed by atoms with E-state index in [-0.39, 0.29) is 11.5 Å². The molecule has 0 bridgehead atoms. The number of sulfone groups is 1. The number of hydrogen-bond donors (Lipinski definition) is 1. The standard InChI is InChI=1S/C12H19NO2S/c1-3-9-16(14,15)10-8-11-6-4-5-7-12(11)13-2/h4-7,13H,3,8-10H2,1-2H3. The zero-order valence-electron chi connectivity index (χ0n) is 9.86. The lowest BCUT2D eigenvalue weighted by Gasteiger charge is -2.08. The van der Waals surface area contributed by atoms with Crippen LogP contribution >= 0.6 is 0 Å². The van der Waals surface area contributed by atoms with Crippen LogP contribution in [0, 0.1) is 0 Å². The molecule has 90 valence electrons. The molecule has 0 saturated heterocycles. The molecule has 4 heteroatoms. The zero-order chi connectivity index (χ0) is 12.0. The normalized spacial score (nSPS) is 11.4. The van der Waals surface area contributed by atoms with Crippen LogP contribution in [0.25, 0.3) is 0 Å². The summed E-state index contributed by atoms with van der Waals surface area (Å²) >= 11 is 0. The highest BCUT2D eigenvalue weighted by Crippen LogP contribution is 2.15. The van der Waals surface area contributed by atoms with Crippen molar-refractivity contribution in [2.45, 2.75) is 19.8 Å². The maximum absolute atomic E-state index is 11.6. The Morgan fingerprint density at radius 2 is 1.88 bits per heavy atom. The second kappa shape index (κ2) is 5.89. The molecule has 0 amide bonds. The summed E-state index contributed by atoms with van der Waals surface area (Å²) in [4.78, 5) is 0. The van der Waals surface area contributed by atoms with Gasteiger partial charge < -0.3 is 5.32 Å². The number of aryl methyl sites for hydroxylation is 1. The second-order valence-corrected chi connectivity index (χ2v) is 6.11. The van der Waals surface area contributed by atoms with E-state index in [1.807, 2.05) is 38.2 Å². The molecule has 0 aliphatic carbocycles. The third kappa shape index (κ3) is 3.85. The number of rotatable bonds is 6. The quantitative estimate of drug-likeness (QED) is 0.829. The largest absolute Gasteiger partial charge is 0.388 e. The smallest absolute Gasteiger partial charge is 0.150 e. The van der Waals surface area contributed by atoms with Gasteiger partial charge in [-0.3, -0.25) is 0 Å². The molecule has 3 nitrogen and oxygen atoms in total. The lowest BCUT2D eigenvalue weighted by molar-refractivity contribution is 0.594. The highest BCUT2D eigenvalue weighted by Gasteiger charge is 2.10. The molecule has 1 rings (SSSR count). The van der Waals surface area contributed by atoms with Crippen molar-refractivity contribution in [2.24, 2.45) is 0 Å². The molecule has 16 heavy (non-hydrogen) atoms. The van der Waals surface area contributed by atoms with Gasteiger partial charge in [0.2, 0.25) is 0 Å². The van der Waals surface area contributed by atoms with Crippen LogP contribution < -0.4 is 5.32 Å². The Morgan fingerprint density at radius 3 is 2.50 bits per heavy atom. The molecule has 1 N–H and O–H groups in total. The van der Waals surface area contributed by atoms with Crippen LogP contribution in [0.5, 0.6) is 0 Å². The van der Waals surface area contributed by atoms with E-state index in [1.165, 1.54) is 0 Å². The van der Waals surface area contributed by atoms with Crippen molar-refractivity contribution in [3.8, 4) is 0 Å². The zero-order valence-corrected chi connectivity index (χ0v) is 10.7. The topological polar surface area (TPSA) is 46.2 Å². The Hall–Kier alpha value is -1.03. The molecule has 0 aliphatic rings. The van der Waals surface area contributed by atoms with Crippen LogP contribution in [-0.4, -0.2) is 27.0 Å². The molecule has 0 aliphatic heterocycles. The van der Waals surface area contributed by atoms with Gasteiger partial charge in [0.05, 0.1) is 5.75 Å². The van der Waals surface area contributed by atoms with Gasteiger partial charge in [-0.2, -0.15) is 0 Å². The van der Waals surface area contributed by atoms with Crippen molar-refractivity contribution in [1.29, 1.82) is 0 Å². The van der Waals surface area contributed by atoms with E-state index in [9.17, 15) is 8.42 Å². The molecule has 0 aromatic heterocycles. The summed E-state index contributed by atoms with van der Waals surface area (Å²) < 4.78 is 23.2. The summed E-state index contributed by atoms with van der Waals surface area (Å²) in [6.07, 6.45) is 1.27. The predicted molar refractivity (Wildman–Crippen MR) is 68.6 cm³/mol. The van der Waals surface area contributed by atoms with Gasteiger partial charge in [-0.25, -0.2) is 8.42 Å². The van der Waals surface area contributed by atoms with E-state index < -0.39 is 9.84 Å². The van der Waals surface area contributed by atoms with Crippen molar-refractivity contribution in [3.05, 3.63) is 29.8 Å². The van der Waals surface area contributed by atoms with Gasteiger partial charge in [-0.15, -0.1) is 0 Å². The summed E-state index contributed by atoms with van der Waals surface area (Å²) in [5, 5.41) is 3.07. The molecule has 1 aromatic carbocycles. The first-order valence-electron chi connectivity index (χ1n) is 5.55. The Bertz CT molecular complexity index is 426. The minimum absolute atomic E-state index is 0.236. The van der Waals surface area contributed by atoms with Crippen molar-refractivity contribution in [1.82, 2.24) is 0 Å². The molecule has 0 fully saturated rings. The first-order chi connectivity index (χ1) is 7.59. The van der Waals surface area contributed by atoms with Crippen LogP contribution in [0.2, 0.25) is 0 Å². The highest BCUT2D eigenvalue weighted by atomic mass is 32.2. The van der Waals surface area contributed by atoms with Crippen molar-refractivity contribution in [2.75, 3.05) is 23.9 Å². The van der Waals surface area contributed by atoms with Crippen LogP contribution in [0.1, 0.15) is 18.9 Å². The molecule has 0 unspecified atom stereocenters. The van der Waals surface area contributed by atoms with E-state index in [2.05, 4.69) is 5.32 Å². The third-order valence-corrected chi connectivity index (χ3v) is 4.34. The monoisotopic (exact) mass is 241 g/mol. The first kappa shape index (κ1) is 13.0. The van der Waals surface area contributed by atoms with Gasteiger partial charge in [0.25, 0.3) is 0 Å². The Balaban J connectivity index is 2.68. The lowest BCUT2D eigenvalue weighted by atomic mass is 10.1. The number of hydrogen-bond acceptors (Lipinski definition) is 3. The average Bonchev–Trinajstić information content (AvgIpc) is 2.27. The van der Waals surface area contributed by atoms with Crippen molar-refractivity contribution in [3.63, 3.8) is 0 Å². The van der Waals surface area contributed by atoms with Gasteiger partial charge in [0, 0.05) is 18.5 Å². The second-order valence-electron chi connectivity index (χ2n) is 3.81. The fraction of sp³-hybridized carbons (Fsp3) is 0.500. The summed E-state index contributed by atoms with van der Waals surface area (Å²) in [6.45, 7) is 1.89. The molecular weight excluding hydrogens is 222 g/mol. The van der Waals surface area contributed by atoms with E-state index in [0.29, 0.717) is 12.8 Å². The van der Waals surface area contributed by atoms with E-state index in [4.69, 9.17) is 0 Å². The lowest BCUT2D eigenvalue weighted by Crippen LogP contribution is -2.13. The Morgan fingerprint density at radius 1 is 1.19 bits per heavy atom. The van der Waals surface area contributed by atoms with Gasteiger partial charge in [0.15, 0.2) is 9.84 Å². The Labute approximate surface area is 97.8 Å². The summed E-state index contributed by atoms with van der Waals surface area (Å²) in [5.74, 6) is 0.522. The fourth-order valence-electron chi connectivity index (χ4n) is 1.66. The third-order valence-electron chi connectivity index (χ3n) is 2.48. The Kier molecular flexibility index (Phi) is 4.80. The molecule has 1 aromatic rings. The highest BCUT2D eigenvalue weighted by molar-refractivity contribution is 7.91. The average molecular weight is 241 g/mol. The number of nitrogens with one attached hydrogen (secondary N) is 1. The van der Waals surface area contributed by atoms with E-state index in [0.717, 1.165) is 11.3 Å². The minimum atomic E-state index is -2.88. The summed E-state index contributed by atoms with van der Waals surface area (Å²) in [7, 11) is -1.04. The fourth-order valence-corrected chi connectivity index (χ4v) is 3.02. The maximum Gasteiger partial charge on any atom is 0.150 e. The van der Waals surface area contributed by atoms with Crippen LogP contribution in [-0.2, 0) is 16.3 Å². The van der Waals surface area contributed by atoms with Gasteiger partial charge in [0.1, 0.15) is 0 Å². The SMILES string of the molecule is CCCS(=O)(=O)CCc1ccccc1NC. The van der Waals surface area contributed by atoms with Crippen molar-refractivity contribution >= 4 is 15.5 Å².